The van der Waals surface area contributed by atoms with Gasteiger partial charge in [-0.05, 0) is 57.6 Å². The highest BCUT2D eigenvalue weighted by Gasteiger charge is 2.20. The van der Waals surface area contributed by atoms with E-state index in [-0.39, 0.29) is 6.79 Å². The summed E-state index contributed by atoms with van der Waals surface area (Å²) in [5.41, 5.74) is 2.26. The van der Waals surface area contributed by atoms with Crippen LogP contribution in [0.2, 0.25) is 0 Å². The van der Waals surface area contributed by atoms with E-state index in [1.807, 2.05) is 37.4 Å². The largest absolute Gasteiger partial charge is 0.467 e. The number of rotatable bonds is 7. The number of terminal acetylenes is 1. The number of likely N-dealkylation sites (tertiary alicyclic amines) is 1. The fourth-order valence-corrected chi connectivity index (χ4v) is 3.90. The number of fused-ring (bicyclic) bond motifs is 1. The molecule has 1 unspecified atom stereocenters. The van der Waals surface area contributed by atoms with Crippen LogP contribution in [0.25, 0.3) is 22.0 Å². The Balaban J connectivity index is 1.73. The van der Waals surface area contributed by atoms with Gasteiger partial charge in [-0.1, -0.05) is 5.92 Å². The van der Waals surface area contributed by atoms with Gasteiger partial charge in [0.05, 0.1) is 0 Å². The van der Waals surface area contributed by atoms with E-state index in [0.29, 0.717) is 18.4 Å². The molecular formula is C24H27N5O2. The standard InChI is InChI=1S/C24H27N5O2/c1-4-17-8-9-20(22(13-17)31-16-30-5-2)23-19-10-11-25-14-21(19)24(28-27-23)26-18-7-6-12-29(3)15-18/h1,8-11,13-14,18H,5-7,12,15-16H2,2-3H3,(H,26,28). The summed E-state index contributed by atoms with van der Waals surface area (Å²) in [4.78, 5) is 6.66. The van der Waals surface area contributed by atoms with E-state index in [0.717, 1.165) is 59.3 Å². The van der Waals surface area contributed by atoms with Crippen LogP contribution in [0.15, 0.2) is 36.7 Å². The van der Waals surface area contributed by atoms with Crippen molar-refractivity contribution in [1.29, 1.82) is 0 Å². The summed E-state index contributed by atoms with van der Waals surface area (Å²) in [6, 6.07) is 7.92. The van der Waals surface area contributed by atoms with E-state index in [1.165, 1.54) is 0 Å². The van der Waals surface area contributed by atoms with Crippen LogP contribution in [0, 0.1) is 12.3 Å². The number of ether oxygens (including phenoxy) is 2. The maximum Gasteiger partial charge on any atom is 0.189 e. The minimum absolute atomic E-state index is 0.138. The molecule has 1 N–H and O–H groups in total. The van der Waals surface area contributed by atoms with E-state index in [4.69, 9.17) is 15.9 Å². The Morgan fingerprint density at radius 3 is 2.97 bits per heavy atom. The molecule has 0 radical (unpaired) electrons. The van der Waals surface area contributed by atoms with Crippen LogP contribution in [-0.4, -0.2) is 59.7 Å². The summed E-state index contributed by atoms with van der Waals surface area (Å²) in [6.45, 7) is 4.73. The number of nitrogens with one attached hydrogen (secondary N) is 1. The predicted octanol–water partition coefficient (Wildman–Crippen LogP) is 3.55. The highest BCUT2D eigenvalue weighted by molar-refractivity contribution is 6.00. The van der Waals surface area contributed by atoms with Gasteiger partial charge >= 0.3 is 0 Å². The summed E-state index contributed by atoms with van der Waals surface area (Å²) in [6.07, 6.45) is 11.5. The molecule has 7 nitrogen and oxygen atoms in total. The number of aromatic nitrogens is 3. The molecule has 1 aliphatic heterocycles. The van der Waals surface area contributed by atoms with Crippen LogP contribution in [0.1, 0.15) is 25.3 Å². The number of hydrogen-bond acceptors (Lipinski definition) is 7. The van der Waals surface area contributed by atoms with Crippen molar-refractivity contribution >= 4 is 16.6 Å². The molecule has 1 fully saturated rings. The number of hydrogen-bond donors (Lipinski definition) is 1. The third-order valence-electron chi connectivity index (χ3n) is 5.45. The van der Waals surface area contributed by atoms with Gasteiger partial charge < -0.3 is 19.7 Å². The third-order valence-corrected chi connectivity index (χ3v) is 5.45. The van der Waals surface area contributed by atoms with Gasteiger partial charge in [-0.3, -0.25) is 4.98 Å². The summed E-state index contributed by atoms with van der Waals surface area (Å²) in [7, 11) is 2.14. The zero-order valence-corrected chi connectivity index (χ0v) is 18.0. The average molecular weight is 418 g/mol. The first-order valence-corrected chi connectivity index (χ1v) is 10.6. The van der Waals surface area contributed by atoms with Crippen molar-refractivity contribution in [1.82, 2.24) is 20.1 Å². The minimum atomic E-state index is 0.138. The van der Waals surface area contributed by atoms with Crippen LogP contribution in [0.5, 0.6) is 5.75 Å². The summed E-state index contributed by atoms with van der Waals surface area (Å²) in [5.74, 6) is 4.02. The monoisotopic (exact) mass is 417 g/mol. The molecule has 0 aliphatic carbocycles. The number of pyridine rings is 1. The van der Waals surface area contributed by atoms with Crippen LogP contribution < -0.4 is 10.1 Å². The van der Waals surface area contributed by atoms with E-state index >= 15 is 0 Å². The summed E-state index contributed by atoms with van der Waals surface area (Å²) < 4.78 is 11.2. The van der Waals surface area contributed by atoms with E-state index in [9.17, 15) is 0 Å². The van der Waals surface area contributed by atoms with Gasteiger partial charge in [-0.2, -0.15) is 0 Å². The zero-order chi connectivity index (χ0) is 21.6. The Morgan fingerprint density at radius 2 is 2.16 bits per heavy atom. The molecule has 1 aliphatic rings. The first-order valence-electron chi connectivity index (χ1n) is 10.6. The van der Waals surface area contributed by atoms with Gasteiger partial charge in [-0.15, -0.1) is 16.6 Å². The average Bonchev–Trinajstić information content (AvgIpc) is 2.80. The van der Waals surface area contributed by atoms with Crippen molar-refractivity contribution < 1.29 is 9.47 Å². The van der Waals surface area contributed by atoms with Gasteiger partial charge in [-0.25, -0.2) is 0 Å². The molecule has 3 aromatic rings. The minimum Gasteiger partial charge on any atom is -0.467 e. The molecule has 0 bridgehead atoms. The SMILES string of the molecule is C#Cc1ccc(-c2nnc(NC3CCCN(C)C3)c3cnccc23)c(OCOCC)c1. The highest BCUT2D eigenvalue weighted by atomic mass is 16.7. The van der Waals surface area contributed by atoms with Crippen molar-refractivity contribution in [3.8, 4) is 29.4 Å². The molecule has 160 valence electrons. The Bertz CT molecular complexity index is 1100. The van der Waals surface area contributed by atoms with Crippen molar-refractivity contribution in [2.45, 2.75) is 25.8 Å². The molecule has 7 heteroatoms. The van der Waals surface area contributed by atoms with Crippen LogP contribution in [0.3, 0.4) is 0 Å². The van der Waals surface area contributed by atoms with E-state index < -0.39 is 0 Å². The molecule has 4 rings (SSSR count). The number of nitrogens with zero attached hydrogens (tertiary/aromatic N) is 4. The van der Waals surface area contributed by atoms with E-state index in [2.05, 4.69) is 38.4 Å². The maximum atomic E-state index is 5.86. The lowest BCUT2D eigenvalue weighted by Crippen LogP contribution is -2.40. The first-order chi connectivity index (χ1) is 15.2. The lowest BCUT2D eigenvalue weighted by atomic mass is 10.0. The molecule has 31 heavy (non-hydrogen) atoms. The van der Waals surface area contributed by atoms with Crippen molar-refractivity contribution in [2.75, 3.05) is 38.9 Å². The van der Waals surface area contributed by atoms with Crippen LogP contribution in [0.4, 0.5) is 5.82 Å². The molecule has 0 amide bonds. The Labute approximate surface area is 182 Å². The number of piperidine rings is 1. The van der Waals surface area contributed by atoms with Gasteiger partial charge in [0.15, 0.2) is 12.6 Å². The fraction of sp³-hybridized carbons (Fsp3) is 0.375. The second-order valence-electron chi connectivity index (χ2n) is 7.67. The Morgan fingerprint density at radius 1 is 1.26 bits per heavy atom. The van der Waals surface area contributed by atoms with Gasteiger partial charge in [0, 0.05) is 53.5 Å². The Hall–Kier alpha value is -3.21. The van der Waals surface area contributed by atoms with Gasteiger partial charge in [0.1, 0.15) is 11.4 Å². The number of benzene rings is 1. The maximum absolute atomic E-state index is 5.86. The number of likely N-dealkylation sites (N-methyl/N-ethyl adjacent to an activating group) is 1. The highest BCUT2D eigenvalue weighted by Crippen LogP contribution is 2.35. The van der Waals surface area contributed by atoms with Crippen LogP contribution in [-0.2, 0) is 4.74 Å². The normalized spacial score (nSPS) is 16.7. The quantitative estimate of drug-likeness (QED) is 0.358. The lowest BCUT2D eigenvalue weighted by Gasteiger charge is -2.30. The van der Waals surface area contributed by atoms with E-state index in [1.54, 1.807) is 6.20 Å². The molecule has 1 aromatic carbocycles. The second kappa shape index (κ2) is 9.73. The molecule has 1 saturated heterocycles. The van der Waals surface area contributed by atoms with Crippen molar-refractivity contribution in [2.24, 2.45) is 0 Å². The second-order valence-corrected chi connectivity index (χ2v) is 7.67. The van der Waals surface area contributed by atoms with Crippen LogP contribution >= 0.6 is 0 Å². The summed E-state index contributed by atoms with van der Waals surface area (Å²) >= 11 is 0. The van der Waals surface area contributed by atoms with Gasteiger partial charge in [0.25, 0.3) is 0 Å². The fourth-order valence-electron chi connectivity index (χ4n) is 3.90. The molecule has 1 atom stereocenters. The lowest BCUT2D eigenvalue weighted by molar-refractivity contribution is 0.0227. The topological polar surface area (TPSA) is 72.4 Å². The summed E-state index contributed by atoms with van der Waals surface area (Å²) in [5, 5.41) is 14.6. The smallest absolute Gasteiger partial charge is 0.189 e. The molecule has 0 spiro atoms. The Kier molecular flexibility index (Phi) is 6.60. The molecule has 0 saturated carbocycles. The van der Waals surface area contributed by atoms with Crippen molar-refractivity contribution in [3.63, 3.8) is 0 Å². The molecule has 2 aromatic heterocycles. The third kappa shape index (κ3) is 4.76. The first kappa shape index (κ1) is 21.0. The number of anilines is 1. The molecule has 3 heterocycles. The van der Waals surface area contributed by atoms with Gasteiger partial charge in [0.2, 0.25) is 0 Å². The predicted molar refractivity (Wildman–Crippen MR) is 122 cm³/mol. The zero-order valence-electron chi connectivity index (χ0n) is 18.0. The molecular weight excluding hydrogens is 390 g/mol. The van der Waals surface area contributed by atoms with Crippen molar-refractivity contribution in [3.05, 3.63) is 42.2 Å².